The molecule has 1 saturated heterocycles. The number of piperidine rings is 1. The maximum Gasteiger partial charge on any atom is 0.252 e. The molecule has 0 radical (unpaired) electrons. The van der Waals surface area contributed by atoms with E-state index in [0.29, 0.717) is 5.92 Å². The van der Waals surface area contributed by atoms with Gasteiger partial charge in [0.15, 0.2) is 0 Å². The van der Waals surface area contributed by atoms with E-state index in [2.05, 4.69) is 14.9 Å². The molecule has 1 atom stereocenters. The number of aliphatic hydroxyl groups excluding tert-OH is 1. The van der Waals surface area contributed by atoms with Gasteiger partial charge in [0, 0.05) is 19.2 Å². The third kappa shape index (κ3) is 2.41. The first-order chi connectivity index (χ1) is 7.66. The molecule has 5 heteroatoms. The molecule has 0 amide bonds. The molecular formula is C11H17N3O2. The van der Waals surface area contributed by atoms with E-state index < -0.39 is 0 Å². The summed E-state index contributed by atoms with van der Waals surface area (Å²) in [5, 5.41) is 9.49. The fraction of sp³-hybridized carbons (Fsp3) is 0.636. The summed E-state index contributed by atoms with van der Waals surface area (Å²) in [5.74, 6) is 1.10. The van der Waals surface area contributed by atoms with Crippen LogP contribution in [0.4, 0.5) is 5.82 Å². The lowest BCUT2D eigenvalue weighted by Gasteiger charge is -2.33. The van der Waals surface area contributed by atoms with Crippen molar-refractivity contribution in [2.45, 2.75) is 25.9 Å². The zero-order chi connectivity index (χ0) is 11.5. The molecule has 5 nitrogen and oxygen atoms in total. The molecule has 2 N–H and O–H groups in total. The minimum absolute atomic E-state index is 0.123. The van der Waals surface area contributed by atoms with Crippen LogP contribution >= 0.6 is 0 Å². The molecule has 2 heterocycles. The summed E-state index contributed by atoms with van der Waals surface area (Å²) in [4.78, 5) is 19.9. The van der Waals surface area contributed by atoms with Crippen molar-refractivity contribution in [1.29, 1.82) is 0 Å². The van der Waals surface area contributed by atoms with Crippen molar-refractivity contribution in [3.05, 3.63) is 22.7 Å². The van der Waals surface area contributed by atoms with Crippen molar-refractivity contribution in [2.24, 2.45) is 5.92 Å². The second-order valence-corrected chi connectivity index (χ2v) is 4.33. The number of hydrogen-bond donors (Lipinski definition) is 2. The van der Waals surface area contributed by atoms with Crippen LogP contribution in [-0.4, -0.2) is 34.3 Å². The highest BCUT2D eigenvalue weighted by Crippen LogP contribution is 2.22. The Morgan fingerprint density at radius 2 is 2.25 bits per heavy atom. The minimum Gasteiger partial charge on any atom is -0.393 e. The average molecular weight is 223 g/mol. The topological polar surface area (TPSA) is 69.2 Å². The Balaban J connectivity index is 2.02. The Labute approximate surface area is 94.1 Å². The van der Waals surface area contributed by atoms with Crippen molar-refractivity contribution >= 4 is 5.82 Å². The predicted octanol–water partition coefficient (Wildman–Crippen LogP) is 0.367. The number of H-pyrrole nitrogens is 1. The first kappa shape index (κ1) is 11.1. The summed E-state index contributed by atoms with van der Waals surface area (Å²) < 4.78 is 0. The van der Waals surface area contributed by atoms with Crippen LogP contribution in [0.15, 0.2) is 17.2 Å². The number of aromatic nitrogens is 2. The molecule has 1 aromatic rings. The van der Waals surface area contributed by atoms with E-state index in [1.54, 1.807) is 0 Å². The summed E-state index contributed by atoms with van der Waals surface area (Å²) in [6, 6.07) is 1.52. The SMILES string of the molecule is CC(O)C1CCN(c2cc(=O)[nH]cn2)CC1. The highest BCUT2D eigenvalue weighted by Gasteiger charge is 2.23. The number of aliphatic hydroxyl groups is 1. The maximum absolute atomic E-state index is 11.1. The first-order valence-corrected chi connectivity index (χ1v) is 5.64. The van der Waals surface area contributed by atoms with E-state index in [0.717, 1.165) is 31.7 Å². The lowest BCUT2D eigenvalue weighted by atomic mass is 9.92. The highest BCUT2D eigenvalue weighted by molar-refractivity contribution is 5.36. The number of aromatic amines is 1. The van der Waals surface area contributed by atoms with Gasteiger partial charge in [-0.2, -0.15) is 0 Å². The van der Waals surface area contributed by atoms with Crippen LogP contribution in [0.2, 0.25) is 0 Å². The van der Waals surface area contributed by atoms with Crippen LogP contribution in [-0.2, 0) is 0 Å². The fourth-order valence-corrected chi connectivity index (χ4v) is 2.14. The van der Waals surface area contributed by atoms with Crippen LogP contribution in [0.3, 0.4) is 0 Å². The van der Waals surface area contributed by atoms with E-state index >= 15 is 0 Å². The Morgan fingerprint density at radius 1 is 1.56 bits per heavy atom. The molecule has 1 unspecified atom stereocenters. The number of nitrogens with one attached hydrogen (secondary N) is 1. The van der Waals surface area contributed by atoms with Gasteiger partial charge in [-0.25, -0.2) is 4.98 Å². The van der Waals surface area contributed by atoms with Gasteiger partial charge in [0.1, 0.15) is 5.82 Å². The zero-order valence-corrected chi connectivity index (χ0v) is 9.39. The van der Waals surface area contributed by atoms with Gasteiger partial charge in [-0.15, -0.1) is 0 Å². The maximum atomic E-state index is 11.1. The van der Waals surface area contributed by atoms with Gasteiger partial charge in [-0.05, 0) is 25.7 Å². The number of anilines is 1. The summed E-state index contributed by atoms with van der Waals surface area (Å²) >= 11 is 0. The van der Waals surface area contributed by atoms with E-state index in [-0.39, 0.29) is 11.7 Å². The van der Waals surface area contributed by atoms with Crippen LogP contribution in [0.25, 0.3) is 0 Å². The zero-order valence-electron chi connectivity index (χ0n) is 9.39. The second-order valence-electron chi connectivity index (χ2n) is 4.33. The lowest BCUT2D eigenvalue weighted by Crippen LogP contribution is -2.37. The molecule has 0 aliphatic carbocycles. The molecular weight excluding hydrogens is 206 g/mol. The molecule has 1 aliphatic heterocycles. The van der Waals surface area contributed by atoms with Gasteiger partial charge in [0.05, 0.1) is 12.4 Å². The Kier molecular flexibility index (Phi) is 3.24. The van der Waals surface area contributed by atoms with Crippen LogP contribution in [0.1, 0.15) is 19.8 Å². The minimum atomic E-state index is -0.241. The number of nitrogens with zero attached hydrogens (tertiary/aromatic N) is 2. The third-order valence-corrected chi connectivity index (χ3v) is 3.21. The van der Waals surface area contributed by atoms with E-state index in [9.17, 15) is 9.90 Å². The predicted molar refractivity (Wildman–Crippen MR) is 61.5 cm³/mol. The summed E-state index contributed by atoms with van der Waals surface area (Å²) in [5.41, 5.74) is -0.123. The molecule has 0 saturated carbocycles. The average Bonchev–Trinajstić information content (AvgIpc) is 2.29. The van der Waals surface area contributed by atoms with E-state index in [1.807, 2.05) is 6.92 Å². The van der Waals surface area contributed by atoms with Crippen LogP contribution < -0.4 is 10.5 Å². The monoisotopic (exact) mass is 223 g/mol. The number of hydrogen-bond acceptors (Lipinski definition) is 4. The molecule has 1 aromatic heterocycles. The normalized spacial score (nSPS) is 19.8. The van der Waals surface area contributed by atoms with Gasteiger partial charge in [0.2, 0.25) is 0 Å². The van der Waals surface area contributed by atoms with Crippen molar-refractivity contribution in [3.63, 3.8) is 0 Å². The van der Waals surface area contributed by atoms with Gasteiger partial charge in [-0.1, -0.05) is 0 Å². The smallest absolute Gasteiger partial charge is 0.252 e. The lowest BCUT2D eigenvalue weighted by molar-refractivity contribution is 0.110. The van der Waals surface area contributed by atoms with Crippen molar-refractivity contribution in [2.75, 3.05) is 18.0 Å². The molecule has 16 heavy (non-hydrogen) atoms. The second kappa shape index (κ2) is 4.65. The molecule has 1 fully saturated rings. The highest BCUT2D eigenvalue weighted by atomic mass is 16.3. The van der Waals surface area contributed by atoms with E-state index in [1.165, 1.54) is 12.4 Å². The molecule has 2 rings (SSSR count). The summed E-state index contributed by atoms with van der Waals surface area (Å²) in [6.07, 6.45) is 3.09. The van der Waals surface area contributed by atoms with E-state index in [4.69, 9.17) is 0 Å². The third-order valence-electron chi connectivity index (χ3n) is 3.21. The standard InChI is InChI=1S/C11H17N3O2/c1-8(15)9-2-4-14(5-3-9)10-6-11(16)13-7-12-10/h6-9,15H,2-5H2,1H3,(H,12,13,16). The van der Waals surface area contributed by atoms with Gasteiger partial charge < -0.3 is 15.0 Å². The van der Waals surface area contributed by atoms with Gasteiger partial charge in [-0.3, -0.25) is 4.79 Å². The molecule has 0 bridgehead atoms. The van der Waals surface area contributed by atoms with Gasteiger partial charge in [0.25, 0.3) is 5.56 Å². The molecule has 88 valence electrons. The van der Waals surface area contributed by atoms with Crippen molar-refractivity contribution in [1.82, 2.24) is 9.97 Å². The summed E-state index contributed by atoms with van der Waals surface area (Å²) in [6.45, 7) is 3.55. The molecule has 1 aliphatic rings. The molecule has 0 spiro atoms. The molecule has 0 aromatic carbocycles. The van der Waals surface area contributed by atoms with Crippen LogP contribution in [0.5, 0.6) is 0 Å². The van der Waals surface area contributed by atoms with Crippen molar-refractivity contribution < 1.29 is 5.11 Å². The quantitative estimate of drug-likeness (QED) is 0.760. The number of rotatable bonds is 2. The van der Waals surface area contributed by atoms with Crippen LogP contribution in [0, 0.1) is 5.92 Å². The largest absolute Gasteiger partial charge is 0.393 e. The Morgan fingerprint density at radius 3 is 2.81 bits per heavy atom. The Hall–Kier alpha value is -1.36. The fourth-order valence-electron chi connectivity index (χ4n) is 2.14. The van der Waals surface area contributed by atoms with Crippen molar-refractivity contribution in [3.8, 4) is 0 Å². The van der Waals surface area contributed by atoms with Gasteiger partial charge >= 0.3 is 0 Å². The Bertz CT molecular complexity index is 394. The summed E-state index contributed by atoms with van der Waals surface area (Å²) in [7, 11) is 0. The first-order valence-electron chi connectivity index (χ1n) is 5.64.